The second kappa shape index (κ2) is 5.21. The molecule has 2 aromatic rings. The van der Waals surface area contributed by atoms with E-state index in [0.29, 0.717) is 13.1 Å². The molecule has 2 heteroatoms. The van der Waals surface area contributed by atoms with E-state index in [1.807, 2.05) is 0 Å². The molecule has 0 atom stereocenters. The average Bonchev–Trinajstić information content (AvgIpc) is 2.40. The van der Waals surface area contributed by atoms with Crippen LogP contribution in [0.4, 0.5) is 0 Å². The normalized spacial score (nSPS) is 11.4. The molecule has 0 bridgehead atoms. The van der Waals surface area contributed by atoms with Crippen LogP contribution in [0, 0.1) is 0 Å². The molecule has 0 unspecified atom stereocenters. The molecule has 0 radical (unpaired) electrons. The van der Waals surface area contributed by atoms with Crippen LogP contribution in [0.1, 0.15) is 18.1 Å². The fraction of sp³-hybridized carbons (Fsp3) is 0.143. The standard InChI is InChI=1S/C14H14Se2/c1-14(16-15,12-8-4-2-5-9-12)13-10-6-3-7-11-13/h2-11,15H,1H3. The maximum absolute atomic E-state index is 2.78. The van der Waals surface area contributed by atoms with E-state index < -0.39 is 0 Å². The second-order valence-corrected chi connectivity index (χ2v) is 7.94. The summed E-state index contributed by atoms with van der Waals surface area (Å²) >= 11 is 3.25. The fourth-order valence-electron chi connectivity index (χ4n) is 1.78. The van der Waals surface area contributed by atoms with E-state index >= 15 is 0 Å². The zero-order valence-corrected chi connectivity index (χ0v) is 12.7. The number of benzene rings is 2. The molecule has 0 heterocycles. The first-order valence-electron chi connectivity index (χ1n) is 5.21. The van der Waals surface area contributed by atoms with Crippen molar-refractivity contribution < 1.29 is 0 Å². The van der Waals surface area contributed by atoms with Crippen LogP contribution in [0.25, 0.3) is 0 Å². The molecular weight excluding hydrogens is 326 g/mol. The van der Waals surface area contributed by atoms with Crippen molar-refractivity contribution in [2.24, 2.45) is 0 Å². The molecule has 2 aromatic carbocycles. The Morgan fingerprint density at radius 2 is 1.19 bits per heavy atom. The van der Waals surface area contributed by atoms with Crippen molar-refractivity contribution in [3.63, 3.8) is 0 Å². The van der Waals surface area contributed by atoms with E-state index in [9.17, 15) is 0 Å². The van der Waals surface area contributed by atoms with E-state index in [0.717, 1.165) is 0 Å². The molecule has 0 saturated heterocycles. The van der Waals surface area contributed by atoms with Gasteiger partial charge in [0.1, 0.15) is 0 Å². The number of rotatable bonds is 3. The Kier molecular flexibility index (Phi) is 3.89. The molecule has 2 rings (SSSR count). The summed E-state index contributed by atoms with van der Waals surface area (Å²) in [4.78, 5) is 0. The van der Waals surface area contributed by atoms with E-state index in [-0.39, 0.29) is 4.31 Å². The van der Waals surface area contributed by atoms with Crippen molar-refractivity contribution in [1.29, 1.82) is 0 Å². The summed E-state index contributed by atoms with van der Waals surface area (Å²) in [5.41, 5.74) is 2.81. The molecule has 0 aliphatic rings. The molecule has 0 fully saturated rings. The Bertz CT molecular complexity index is 397. The van der Waals surface area contributed by atoms with Crippen LogP contribution in [-0.2, 0) is 4.31 Å². The quantitative estimate of drug-likeness (QED) is 0.753. The van der Waals surface area contributed by atoms with Gasteiger partial charge in [0.2, 0.25) is 0 Å². The molecule has 82 valence electrons. The third kappa shape index (κ3) is 2.26. The van der Waals surface area contributed by atoms with Crippen molar-refractivity contribution >= 4 is 27.3 Å². The molecule has 0 aromatic heterocycles. The average molecular weight is 340 g/mol. The van der Waals surface area contributed by atoms with Crippen molar-refractivity contribution in [2.45, 2.75) is 11.2 Å². The zero-order chi connectivity index (χ0) is 11.4. The van der Waals surface area contributed by atoms with Gasteiger partial charge in [-0.05, 0) is 0 Å². The molecule has 0 amide bonds. The van der Waals surface area contributed by atoms with Gasteiger partial charge in [0.25, 0.3) is 0 Å². The van der Waals surface area contributed by atoms with Crippen LogP contribution in [0.3, 0.4) is 0 Å². The third-order valence-corrected chi connectivity index (χ3v) is 8.57. The van der Waals surface area contributed by atoms with Crippen molar-refractivity contribution in [3.05, 3.63) is 71.8 Å². The van der Waals surface area contributed by atoms with Crippen molar-refractivity contribution in [3.8, 4) is 0 Å². The third-order valence-electron chi connectivity index (χ3n) is 2.83. The van der Waals surface area contributed by atoms with Gasteiger partial charge in [-0.2, -0.15) is 0 Å². The molecular formula is C14H14Se2. The van der Waals surface area contributed by atoms with Gasteiger partial charge < -0.3 is 0 Å². The van der Waals surface area contributed by atoms with Crippen LogP contribution in [0.15, 0.2) is 60.7 Å². The van der Waals surface area contributed by atoms with Crippen LogP contribution in [0.2, 0.25) is 0 Å². The van der Waals surface area contributed by atoms with Gasteiger partial charge in [0.05, 0.1) is 0 Å². The molecule has 0 nitrogen and oxygen atoms in total. The van der Waals surface area contributed by atoms with Gasteiger partial charge in [-0.1, -0.05) is 0 Å². The molecule has 0 N–H and O–H groups in total. The van der Waals surface area contributed by atoms with E-state index in [2.05, 4.69) is 81.8 Å². The van der Waals surface area contributed by atoms with Crippen LogP contribution in [0.5, 0.6) is 0 Å². The SMILES string of the molecule is CC([Se][SeH])(c1ccccc1)c1ccccc1. The second-order valence-electron chi connectivity index (χ2n) is 3.86. The van der Waals surface area contributed by atoms with E-state index in [1.165, 1.54) is 11.1 Å². The van der Waals surface area contributed by atoms with E-state index in [1.54, 1.807) is 0 Å². The predicted octanol–water partition coefficient (Wildman–Crippen LogP) is 2.47. The summed E-state index contributed by atoms with van der Waals surface area (Å²) in [5.74, 6) is 0. The monoisotopic (exact) mass is 342 g/mol. The summed E-state index contributed by atoms with van der Waals surface area (Å²) in [7, 11) is 0. The Labute approximate surface area is 110 Å². The van der Waals surface area contributed by atoms with Gasteiger partial charge in [-0.3, -0.25) is 0 Å². The molecule has 16 heavy (non-hydrogen) atoms. The molecule has 0 spiro atoms. The summed E-state index contributed by atoms with van der Waals surface area (Å²) in [6.07, 6.45) is 0. The minimum absolute atomic E-state index is 0.162. The Hall–Kier alpha value is -0.521. The first-order chi connectivity index (χ1) is 7.77. The Balaban J connectivity index is 2.49. The Morgan fingerprint density at radius 1 is 0.812 bits per heavy atom. The molecule has 0 aliphatic heterocycles. The molecule has 0 saturated carbocycles. The first-order valence-corrected chi connectivity index (χ1v) is 10.8. The first kappa shape index (κ1) is 11.9. The van der Waals surface area contributed by atoms with Gasteiger partial charge in [-0.15, -0.1) is 0 Å². The summed E-state index contributed by atoms with van der Waals surface area (Å²) in [6.45, 7) is 2.33. The van der Waals surface area contributed by atoms with Gasteiger partial charge >= 0.3 is 110 Å². The topological polar surface area (TPSA) is 0 Å². The van der Waals surface area contributed by atoms with Crippen LogP contribution < -0.4 is 0 Å². The van der Waals surface area contributed by atoms with Crippen LogP contribution in [-0.4, -0.2) is 27.3 Å². The zero-order valence-electron chi connectivity index (χ0n) is 9.13. The fourth-order valence-corrected chi connectivity index (χ4v) is 5.10. The number of hydrogen-bond donors (Lipinski definition) is 0. The minimum atomic E-state index is 0.162. The predicted molar refractivity (Wildman–Crippen MR) is 72.2 cm³/mol. The van der Waals surface area contributed by atoms with Crippen molar-refractivity contribution in [2.75, 3.05) is 0 Å². The molecule has 0 aliphatic carbocycles. The summed E-state index contributed by atoms with van der Waals surface area (Å²) in [5, 5.41) is 0. The maximum atomic E-state index is 2.78. The van der Waals surface area contributed by atoms with Crippen molar-refractivity contribution in [1.82, 2.24) is 0 Å². The van der Waals surface area contributed by atoms with Gasteiger partial charge in [-0.25, -0.2) is 0 Å². The Morgan fingerprint density at radius 3 is 1.50 bits per heavy atom. The van der Waals surface area contributed by atoms with E-state index in [4.69, 9.17) is 0 Å². The summed E-state index contributed by atoms with van der Waals surface area (Å²) in [6, 6.07) is 21.5. The number of hydrogen-bond acceptors (Lipinski definition) is 0. The van der Waals surface area contributed by atoms with Gasteiger partial charge in [0, 0.05) is 0 Å². The van der Waals surface area contributed by atoms with Gasteiger partial charge in [0.15, 0.2) is 0 Å². The van der Waals surface area contributed by atoms with Crippen LogP contribution >= 0.6 is 0 Å². The summed E-state index contributed by atoms with van der Waals surface area (Å²) < 4.78 is 0.162.